The van der Waals surface area contributed by atoms with Crippen LogP contribution in [0.1, 0.15) is 59.8 Å². The van der Waals surface area contributed by atoms with Gasteiger partial charge in [0.05, 0.1) is 5.70 Å². The third kappa shape index (κ3) is 6.92. The van der Waals surface area contributed by atoms with Crippen LogP contribution in [-0.2, 0) is 19.1 Å². The predicted molar refractivity (Wildman–Crippen MR) is 112 cm³/mol. The molecule has 2 rings (SSSR count). The van der Waals surface area contributed by atoms with Gasteiger partial charge in [0, 0.05) is 6.42 Å². The average molecular weight is 420 g/mol. The minimum absolute atomic E-state index is 0.0203. The van der Waals surface area contributed by atoms with Crippen LogP contribution in [0.25, 0.3) is 0 Å². The molecule has 0 aromatic carbocycles. The lowest BCUT2D eigenvalue weighted by Gasteiger charge is -2.26. The monoisotopic (exact) mass is 419 g/mol. The van der Waals surface area contributed by atoms with Crippen LogP contribution in [0.2, 0.25) is 0 Å². The number of Topliss-reactive ketones (excluding diaryl/α,β-unsaturated/α-hetero) is 1. The Morgan fingerprint density at radius 3 is 2.60 bits per heavy atom. The number of rotatable bonds is 11. The minimum atomic E-state index is -1.38. The van der Waals surface area contributed by atoms with E-state index < -0.39 is 29.7 Å². The zero-order valence-corrected chi connectivity index (χ0v) is 18.2. The SMILES string of the molecule is CC(C)=C[C@@H](C)C[C@@H](C)/C=C/C(=O)NC1=C[C@](O)(CCCCC(=O)O)[C@H]2O[C@H]2C1=O. The molecule has 0 aromatic heterocycles. The Morgan fingerprint density at radius 2 is 1.97 bits per heavy atom. The molecule has 5 atom stereocenters. The van der Waals surface area contributed by atoms with Gasteiger partial charge in [0.15, 0.2) is 6.10 Å². The van der Waals surface area contributed by atoms with Crippen LogP contribution < -0.4 is 5.32 Å². The van der Waals surface area contributed by atoms with Gasteiger partial charge >= 0.3 is 5.97 Å². The number of hydrogen-bond acceptors (Lipinski definition) is 5. The van der Waals surface area contributed by atoms with Crippen molar-refractivity contribution < 1.29 is 29.3 Å². The molecule has 1 heterocycles. The van der Waals surface area contributed by atoms with Crippen LogP contribution in [0.4, 0.5) is 0 Å². The molecule has 0 spiro atoms. The molecule has 1 aliphatic heterocycles. The van der Waals surface area contributed by atoms with Crippen molar-refractivity contribution in [1.29, 1.82) is 0 Å². The van der Waals surface area contributed by atoms with E-state index in [0.717, 1.165) is 6.42 Å². The van der Waals surface area contributed by atoms with Gasteiger partial charge in [0.25, 0.3) is 0 Å². The number of ether oxygens (including phenoxy) is 1. The van der Waals surface area contributed by atoms with E-state index in [4.69, 9.17) is 9.84 Å². The zero-order valence-electron chi connectivity index (χ0n) is 18.2. The van der Waals surface area contributed by atoms with Crippen molar-refractivity contribution >= 4 is 17.7 Å². The quantitative estimate of drug-likeness (QED) is 0.205. The van der Waals surface area contributed by atoms with E-state index >= 15 is 0 Å². The molecule has 0 saturated carbocycles. The van der Waals surface area contributed by atoms with E-state index in [0.29, 0.717) is 18.8 Å². The standard InChI is InChI=1S/C23H33NO6/c1-14(2)11-16(4)12-15(3)8-9-18(25)24-17-13-23(29,10-6-5-7-19(26)27)22-21(30-22)20(17)28/h8-9,11,13,15-16,21-22,29H,5-7,10,12H2,1-4H3,(H,24,25)(H,26,27)/b9-8+/t15-,16+,21-,22-,23+/m0/s1. The smallest absolute Gasteiger partial charge is 0.303 e. The molecule has 0 radical (unpaired) electrons. The summed E-state index contributed by atoms with van der Waals surface area (Å²) in [5.41, 5.74) is -0.0823. The maximum absolute atomic E-state index is 12.4. The first kappa shape index (κ1) is 24.0. The Morgan fingerprint density at radius 1 is 1.27 bits per heavy atom. The third-order valence-electron chi connectivity index (χ3n) is 5.32. The molecule has 0 aromatic rings. The number of allylic oxidation sites excluding steroid dienone is 3. The summed E-state index contributed by atoms with van der Waals surface area (Å²) >= 11 is 0. The second kappa shape index (κ2) is 10.2. The largest absolute Gasteiger partial charge is 0.481 e. The Hall–Kier alpha value is -2.25. The van der Waals surface area contributed by atoms with E-state index in [9.17, 15) is 19.5 Å². The highest BCUT2D eigenvalue weighted by Crippen LogP contribution is 2.42. The molecule has 0 bridgehead atoms. The number of aliphatic hydroxyl groups is 1. The number of carboxylic acids is 1. The number of unbranched alkanes of at least 4 members (excludes halogenated alkanes) is 1. The zero-order chi connectivity index (χ0) is 22.5. The third-order valence-corrected chi connectivity index (χ3v) is 5.32. The number of carboxylic acid groups (broad SMARTS) is 1. The van der Waals surface area contributed by atoms with Gasteiger partial charge in [-0.15, -0.1) is 0 Å². The number of carbonyl (C=O) groups is 3. The Bertz CT molecular complexity index is 764. The Labute approximate surface area is 177 Å². The summed E-state index contributed by atoms with van der Waals surface area (Å²) in [5, 5.41) is 22.2. The van der Waals surface area contributed by atoms with E-state index in [1.165, 1.54) is 17.7 Å². The molecule has 166 valence electrons. The predicted octanol–water partition coefficient (Wildman–Crippen LogP) is 2.90. The van der Waals surface area contributed by atoms with E-state index in [1.54, 1.807) is 0 Å². The molecule has 1 fully saturated rings. The normalized spacial score (nSPS) is 27.1. The van der Waals surface area contributed by atoms with Crippen molar-refractivity contribution in [2.24, 2.45) is 11.8 Å². The number of nitrogens with one attached hydrogen (secondary N) is 1. The number of amides is 1. The lowest BCUT2D eigenvalue weighted by atomic mass is 9.84. The number of carbonyl (C=O) groups excluding carboxylic acids is 2. The first-order chi connectivity index (χ1) is 14.0. The number of aliphatic carboxylic acids is 1. The van der Waals surface area contributed by atoms with Gasteiger partial charge in [0.1, 0.15) is 11.7 Å². The van der Waals surface area contributed by atoms with Gasteiger partial charge in [-0.3, -0.25) is 14.4 Å². The molecule has 1 saturated heterocycles. The fraction of sp³-hybridized carbons (Fsp3) is 0.609. The first-order valence-corrected chi connectivity index (χ1v) is 10.5. The van der Waals surface area contributed by atoms with Gasteiger partial charge in [-0.05, 0) is 63.5 Å². The number of ketones is 1. The van der Waals surface area contributed by atoms with Crippen molar-refractivity contribution in [1.82, 2.24) is 5.32 Å². The summed E-state index contributed by atoms with van der Waals surface area (Å²) in [4.78, 5) is 35.3. The van der Waals surface area contributed by atoms with Gasteiger partial charge in [-0.1, -0.05) is 31.6 Å². The van der Waals surface area contributed by atoms with Gasteiger partial charge in [0.2, 0.25) is 11.7 Å². The number of fused-ring (bicyclic) bond motifs is 1. The van der Waals surface area contributed by atoms with Crippen LogP contribution in [-0.4, -0.2) is 45.7 Å². The molecule has 7 heteroatoms. The molecule has 1 amide bonds. The number of epoxide rings is 1. The molecule has 0 unspecified atom stereocenters. The molecule has 2 aliphatic rings. The fourth-order valence-electron chi connectivity index (χ4n) is 3.97. The van der Waals surface area contributed by atoms with E-state index in [1.807, 2.05) is 13.0 Å². The fourth-order valence-corrected chi connectivity index (χ4v) is 3.97. The molecule has 7 nitrogen and oxygen atoms in total. The van der Waals surface area contributed by atoms with Gasteiger partial charge < -0.3 is 20.3 Å². The van der Waals surface area contributed by atoms with Crippen LogP contribution in [0.15, 0.2) is 35.6 Å². The second-order valence-corrected chi connectivity index (χ2v) is 8.77. The van der Waals surface area contributed by atoms with Gasteiger partial charge in [-0.25, -0.2) is 0 Å². The van der Waals surface area contributed by atoms with Crippen molar-refractivity contribution in [3.63, 3.8) is 0 Å². The lowest BCUT2D eigenvalue weighted by molar-refractivity contribution is -0.137. The lowest BCUT2D eigenvalue weighted by Crippen LogP contribution is -2.43. The summed E-state index contributed by atoms with van der Waals surface area (Å²) < 4.78 is 5.33. The molecule has 30 heavy (non-hydrogen) atoms. The first-order valence-electron chi connectivity index (χ1n) is 10.5. The van der Waals surface area contributed by atoms with Crippen molar-refractivity contribution in [3.8, 4) is 0 Å². The van der Waals surface area contributed by atoms with Crippen LogP contribution >= 0.6 is 0 Å². The highest BCUT2D eigenvalue weighted by Gasteiger charge is 2.60. The molecular weight excluding hydrogens is 386 g/mol. The van der Waals surface area contributed by atoms with E-state index in [-0.39, 0.29) is 30.2 Å². The summed E-state index contributed by atoms with van der Waals surface area (Å²) in [6.07, 6.45) is 7.50. The maximum atomic E-state index is 12.4. The second-order valence-electron chi connectivity index (χ2n) is 8.77. The minimum Gasteiger partial charge on any atom is -0.481 e. The van der Waals surface area contributed by atoms with Crippen LogP contribution in [0, 0.1) is 11.8 Å². The van der Waals surface area contributed by atoms with Gasteiger partial charge in [-0.2, -0.15) is 0 Å². The van der Waals surface area contributed by atoms with Crippen LogP contribution in [0.3, 0.4) is 0 Å². The summed E-state index contributed by atoms with van der Waals surface area (Å²) in [6, 6.07) is 0. The highest BCUT2D eigenvalue weighted by molar-refractivity contribution is 6.06. The molecule has 1 aliphatic carbocycles. The average Bonchev–Trinajstić information content (AvgIpc) is 3.43. The van der Waals surface area contributed by atoms with Crippen LogP contribution in [0.5, 0.6) is 0 Å². The Balaban J connectivity index is 1.94. The van der Waals surface area contributed by atoms with Crippen molar-refractivity contribution in [3.05, 3.63) is 35.6 Å². The summed E-state index contributed by atoms with van der Waals surface area (Å²) in [7, 11) is 0. The highest BCUT2D eigenvalue weighted by atomic mass is 16.6. The molecular formula is C23H33NO6. The number of hydrogen-bond donors (Lipinski definition) is 3. The topological polar surface area (TPSA) is 116 Å². The molecule has 3 N–H and O–H groups in total. The Kier molecular flexibility index (Phi) is 8.15. The summed E-state index contributed by atoms with van der Waals surface area (Å²) in [5.74, 6) is -1.06. The maximum Gasteiger partial charge on any atom is 0.303 e. The summed E-state index contributed by atoms with van der Waals surface area (Å²) in [6.45, 7) is 8.27. The van der Waals surface area contributed by atoms with Crippen molar-refractivity contribution in [2.45, 2.75) is 77.6 Å². The van der Waals surface area contributed by atoms with E-state index in [2.05, 4.69) is 32.2 Å². The van der Waals surface area contributed by atoms with Crippen molar-refractivity contribution in [2.75, 3.05) is 0 Å².